The van der Waals surface area contributed by atoms with Crippen molar-refractivity contribution in [3.63, 3.8) is 0 Å². The van der Waals surface area contributed by atoms with Gasteiger partial charge in [0.2, 0.25) is 0 Å². The van der Waals surface area contributed by atoms with Gasteiger partial charge < -0.3 is 10.5 Å². The van der Waals surface area contributed by atoms with Gasteiger partial charge in [-0.25, -0.2) is 0 Å². The summed E-state index contributed by atoms with van der Waals surface area (Å²) in [7, 11) is 0. The zero-order valence-corrected chi connectivity index (χ0v) is 7.71. The molecule has 0 aliphatic heterocycles. The van der Waals surface area contributed by atoms with Crippen LogP contribution in [0.3, 0.4) is 0 Å². The first kappa shape index (κ1) is 9.13. The maximum absolute atomic E-state index is 10.5. The largest absolute Gasteiger partial charge is 0.398 e. The molecule has 1 aromatic rings. The van der Waals surface area contributed by atoms with Gasteiger partial charge in [0.1, 0.15) is 6.29 Å². The lowest BCUT2D eigenvalue weighted by Gasteiger charge is -2.09. The van der Waals surface area contributed by atoms with Gasteiger partial charge in [-0.1, -0.05) is 19.1 Å². The highest BCUT2D eigenvalue weighted by molar-refractivity contribution is 7.80. The molecule has 0 spiro atoms. The van der Waals surface area contributed by atoms with Gasteiger partial charge in [-0.05, 0) is 11.6 Å². The normalized spacial score (nSPS) is 12.5. The number of nitrogens with two attached hydrogens (primary N) is 1. The minimum absolute atomic E-state index is 0.155. The highest BCUT2D eigenvalue weighted by Gasteiger charge is 2.08. The molecule has 1 atom stereocenters. The highest BCUT2D eigenvalue weighted by atomic mass is 32.1. The molecule has 1 rings (SSSR count). The Morgan fingerprint density at radius 3 is 2.83 bits per heavy atom. The van der Waals surface area contributed by atoms with E-state index < -0.39 is 0 Å². The van der Waals surface area contributed by atoms with E-state index >= 15 is 0 Å². The number of para-hydroxylation sites is 1. The summed E-state index contributed by atoms with van der Waals surface area (Å²) in [6.07, 6.45) is 0.874. The number of nitrogen functional groups attached to an aromatic ring is 1. The molecule has 2 N–H and O–H groups in total. The molecule has 12 heavy (non-hydrogen) atoms. The summed E-state index contributed by atoms with van der Waals surface area (Å²) in [5, 5.41) is 0. The minimum Gasteiger partial charge on any atom is -0.398 e. The molecule has 0 aliphatic rings. The monoisotopic (exact) mass is 181 g/mol. The third-order valence-corrected chi connectivity index (χ3v) is 2.20. The lowest BCUT2D eigenvalue weighted by Crippen LogP contribution is -2.00. The van der Waals surface area contributed by atoms with Gasteiger partial charge in [0.15, 0.2) is 0 Å². The average Bonchev–Trinajstić information content (AvgIpc) is 2.08. The molecule has 0 fully saturated rings. The van der Waals surface area contributed by atoms with Crippen molar-refractivity contribution in [1.29, 1.82) is 0 Å². The minimum atomic E-state index is -0.155. The van der Waals surface area contributed by atoms with Crippen LogP contribution >= 0.6 is 12.6 Å². The molecule has 1 aromatic carbocycles. The second-order valence-electron chi connectivity index (χ2n) is 2.70. The maximum atomic E-state index is 10.5. The van der Waals surface area contributed by atoms with Crippen molar-refractivity contribution in [2.24, 2.45) is 0 Å². The van der Waals surface area contributed by atoms with Crippen LogP contribution in [0.2, 0.25) is 0 Å². The zero-order valence-electron chi connectivity index (χ0n) is 6.82. The van der Waals surface area contributed by atoms with Crippen LogP contribution in [0, 0.1) is 0 Å². The van der Waals surface area contributed by atoms with E-state index in [1.165, 1.54) is 0 Å². The summed E-state index contributed by atoms with van der Waals surface area (Å²) in [4.78, 5) is 11.2. The van der Waals surface area contributed by atoms with Crippen molar-refractivity contribution < 1.29 is 4.79 Å². The number of carbonyl (C=O) groups is 1. The van der Waals surface area contributed by atoms with Crippen LogP contribution in [0.25, 0.3) is 0 Å². The number of hydrogen-bond acceptors (Lipinski definition) is 3. The van der Waals surface area contributed by atoms with Gasteiger partial charge in [-0.2, -0.15) is 0 Å². The molecule has 0 bridgehead atoms. The van der Waals surface area contributed by atoms with E-state index in [0.29, 0.717) is 5.69 Å². The van der Waals surface area contributed by atoms with Crippen molar-refractivity contribution in [3.05, 3.63) is 23.8 Å². The third kappa shape index (κ3) is 1.61. The van der Waals surface area contributed by atoms with E-state index in [1.54, 1.807) is 6.07 Å². The molecule has 0 radical (unpaired) electrons. The number of anilines is 1. The van der Waals surface area contributed by atoms with Gasteiger partial charge in [-0.3, -0.25) is 0 Å². The summed E-state index contributed by atoms with van der Waals surface area (Å²) < 4.78 is 0. The molecule has 0 saturated heterocycles. The molecule has 0 saturated carbocycles. The van der Waals surface area contributed by atoms with E-state index in [0.717, 1.165) is 16.7 Å². The molecule has 2 nitrogen and oxygen atoms in total. The molecule has 1 unspecified atom stereocenters. The van der Waals surface area contributed by atoms with Crippen LogP contribution in [-0.2, 0) is 4.79 Å². The zero-order chi connectivity index (χ0) is 9.14. The number of hydrogen-bond donors (Lipinski definition) is 2. The molecular weight excluding hydrogens is 170 g/mol. The van der Waals surface area contributed by atoms with Crippen LogP contribution in [0.5, 0.6) is 0 Å². The molecule has 0 aromatic heterocycles. The predicted octanol–water partition coefficient (Wildman–Crippen LogP) is 1.86. The lowest BCUT2D eigenvalue weighted by molar-refractivity contribution is -0.108. The number of thiol groups is 1. The molecule has 64 valence electrons. The van der Waals surface area contributed by atoms with Gasteiger partial charge in [0.25, 0.3) is 0 Å². The Bertz CT molecular complexity index is 299. The second kappa shape index (κ2) is 3.63. The topological polar surface area (TPSA) is 43.1 Å². The first-order chi connectivity index (χ1) is 5.66. The van der Waals surface area contributed by atoms with Crippen LogP contribution in [-0.4, -0.2) is 6.29 Å². The first-order valence-electron chi connectivity index (χ1n) is 3.69. The van der Waals surface area contributed by atoms with Gasteiger partial charge in [0, 0.05) is 16.5 Å². The van der Waals surface area contributed by atoms with E-state index in [4.69, 9.17) is 5.73 Å². The van der Waals surface area contributed by atoms with Crippen LogP contribution in [0.15, 0.2) is 23.1 Å². The fourth-order valence-electron chi connectivity index (χ4n) is 1.04. The summed E-state index contributed by atoms with van der Waals surface area (Å²) in [5.74, 6) is -0.155. The molecule has 0 amide bonds. The quantitative estimate of drug-likeness (QED) is 0.415. The fraction of sp³-hybridized carbons (Fsp3) is 0.222. The number of benzene rings is 1. The smallest absolute Gasteiger partial charge is 0.127 e. The Hall–Kier alpha value is -0.960. The SMILES string of the molecule is CC(C=O)c1cccc(S)c1N. The standard InChI is InChI=1S/C9H11NOS/c1-6(5-11)7-3-2-4-8(12)9(7)10/h2-6,12H,10H2,1H3. The molecular formula is C9H11NOS. The Kier molecular flexibility index (Phi) is 2.76. The maximum Gasteiger partial charge on any atom is 0.127 e. The summed E-state index contributed by atoms with van der Waals surface area (Å²) >= 11 is 4.16. The lowest BCUT2D eigenvalue weighted by atomic mass is 10.0. The van der Waals surface area contributed by atoms with Crippen molar-refractivity contribution in [1.82, 2.24) is 0 Å². The van der Waals surface area contributed by atoms with E-state index in [9.17, 15) is 4.79 Å². The van der Waals surface area contributed by atoms with Gasteiger partial charge in [0.05, 0.1) is 0 Å². The Balaban J connectivity index is 3.15. The van der Waals surface area contributed by atoms with E-state index in [2.05, 4.69) is 12.6 Å². The van der Waals surface area contributed by atoms with Crippen LogP contribution < -0.4 is 5.73 Å². The van der Waals surface area contributed by atoms with Crippen LogP contribution in [0.4, 0.5) is 5.69 Å². The Morgan fingerprint density at radius 1 is 1.58 bits per heavy atom. The van der Waals surface area contributed by atoms with Crippen molar-refractivity contribution >= 4 is 24.6 Å². The molecule has 3 heteroatoms. The summed E-state index contributed by atoms with van der Waals surface area (Å²) in [6, 6.07) is 5.49. The predicted molar refractivity (Wildman–Crippen MR) is 52.6 cm³/mol. The second-order valence-corrected chi connectivity index (χ2v) is 3.19. The summed E-state index contributed by atoms with van der Waals surface area (Å²) in [5.41, 5.74) is 7.17. The van der Waals surface area contributed by atoms with Crippen molar-refractivity contribution in [3.8, 4) is 0 Å². The third-order valence-electron chi connectivity index (χ3n) is 1.81. The number of rotatable bonds is 2. The highest BCUT2D eigenvalue weighted by Crippen LogP contribution is 2.25. The summed E-state index contributed by atoms with van der Waals surface area (Å²) in [6.45, 7) is 1.81. The number of carbonyl (C=O) groups excluding carboxylic acids is 1. The van der Waals surface area contributed by atoms with E-state index in [-0.39, 0.29) is 5.92 Å². The molecule has 0 aliphatic carbocycles. The Labute approximate surface area is 77.2 Å². The van der Waals surface area contributed by atoms with E-state index in [1.807, 2.05) is 19.1 Å². The van der Waals surface area contributed by atoms with Gasteiger partial charge in [-0.15, -0.1) is 12.6 Å². The Morgan fingerprint density at radius 2 is 2.25 bits per heavy atom. The fourth-order valence-corrected chi connectivity index (χ4v) is 1.26. The van der Waals surface area contributed by atoms with Crippen molar-refractivity contribution in [2.45, 2.75) is 17.7 Å². The number of aldehydes is 1. The molecule has 0 heterocycles. The van der Waals surface area contributed by atoms with Crippen molar-refractivity contribution in [2.75, 3.05) is 5.73 Å². The van der Waals surface area contributed by atoms with Gasteiger partial charge >= 0.3 is 0 Å². The average molecular weight is 181 g/mol. The first-order valence-corrected chi connectivity index (χ1v) is 4.14. The van der Waals surface area contributed by atoms with Crippen LogP contribution in [0.1, 0.15) is 18.4 Å².